The van der Waals surface area contributed by atoms with Gasteiger partial charge in [-0.15, -0.1) is 0 Å². The molecule has 114 valence electrons. The summed E-state index contributed by atoms with van der Waals surface area (Å²) in [5, 5.41) is 8.96. The fourth-order valence-corrected chi connectivity index (χ4v) is 3.62. The van der Waals surface area contributed by atoms with Crippen molar-refractivity contribution in [3.63, 3.8) is 0 Å². The highest BCUT2D eigenvalue weighted by Gasteiger charge is 2.81. The van der Waals surface area contributed by atoms with Gasteiger partial charge in [-0.1, -0.05) is 12.1 Å². The van der Waals surface area contributed by atoms with Crippen LogP contribution in [0, 0.1) is 17.7 Å². The molecule has 21 heavy (non-hydrogen) atoms. The second-order valence-electron chi connectivity index (χ2n) is 6.19. The molecule has 0 radical (unpaired) electrons. The molecule has 2 aliphatic rings. The van der Waals surface area contributed by atoms with E-state index in [1.807, 2.05) is 0 Å². The largest absolute Gasteiger partial charge is 0.479 e. The highest BCUT2D eigenvalue weighted by molar-refractivity contribution is 5.83. The molecule has 3 rings (SSSR count). The van der Waals surface area contributed by atoms with Crippen LogP contribution in [-0.2, 0) is 16.1 Å². The minimum atomic E-state index is -2.21. The van der Waals surface area contributed by atoms with Crippen LogP contribution in [0.3, 0.4) is 0 Å². The topological polar surface area (TPSA) is 72.5 Å². The number of rotatable bonds is 4. The average Bonchev–Trinajstić information content (AvgIpc) is 2.93. The van der Waals surface area contributed by atoms with Gasteiger partial charge in [0.2, 0.25) is 5.67 Å². The SMILES string of the molecule is C[C@@]1(N)[C@H]2[C@@H](C[C@H]1OCc1ccc(F)cc1)[C@]2(F)C(=O)O. The second-order valence-corrected chi connectivity index (χ2v) is 6.19. The van der Waals surface area contributed by atoms with Gasteiger partial charge in [0, 0.05) is 17.4 Å². The fourth-order valence-electron chi connectivity index (χ4n) is 3.62. The summed E-state index contributed by atoms with van der Waals surface area (Å²) in [5.74, 6) is -3.05. The first-order chi connectivity index (χ1) is 9.77. The summed E-state index contributed by atoms with van der Waals surface area (Å²) in [7, 11) is 0. The van der Waals surface area contributed by atoms with Crippen LogP contribution in [0.1, 0.15) is 18.9 Å². The number of ether oxygens (including phenoxy) is 1. The summed E-state index contributed by atoms with van der Waals surface area (Å²) in [4.78, 5) is 11.0. The van der Waals surface area contributed by atoms with E-state index in [-0.39, 0.29) is 12.4 Å². The molecule has 4 nitrogen and oxygen atoms in total. The first kappa shape index (κ1) is 14.4. The molecule has 2 aliphatic carbocycles. The maximum absolute atomic E-state index is 14.2. The van der Waals surface area contributed by atoms with Crippen molar-refractivity contribution in [2.75, 3.05) is 0 Å². The molecule has 0 aromatic heterocycles. The van der Waals surface area contributed by atoms with Crippen LogP contribution in [0.2, 0.25) is 0 Å². The molecule has 0 saturated heterocycles. The number of carboxylic acids is 1. The average molecular weight is 297 g/mol. The molecular weight excluding hydrogens is 280 g/mol. The Morgan fingerprint density at radius 2 is 2.10 bits per heavy atom. The van der Waals surface area contributed by atoms with Gasteiger partial charge < -0.3 is 15.6 Å². The van der Waals surface area contributed by atoms with Crippen molar-refractivity contribution in [1.82, 2.24) is 0 Å². The normalized spacial score (nSPS) is 40.9. The third-order valence-corrected chi connectivity index (χ3v) is 4.81. The van der Waals surface area contributed by atoms with Crippen LogP contribution in [0.4, 0.5) is 8.78 Å². The van der Waals surface area contributed by atoms with E-state index < -0.39 is 35.1 Å². The Kier molecular flexibility index (Phi) is 3.07. The van der Waals surface area contributed by atoms with Crippen LogP contribution in [0.15, 0.2) is 24.3 Å². The molecule has 3 N–H and O–H groups in total. The number of aliphatic carboxylic acids is 1. The van der Waals surface area contributed by atoms with Gasteiger partial charge in [0.15, 0.2) is 0 Å². The Balaban J connectivity index is 1.65. The molecular formula is C15H17F2NO3. The third-order valence-electron chi connectivity index (χ3n) is 4.81. The Hall–Kier alpha value is -1.53. The first-order valence-corrected chi connectivity index (χ1v) is 6.85. The van der Waals surface area contributed by atoms with Crippen LogP contribution in [0.5, 0.6) is 0 Å². The third kappa shape index (κ3) is 2.05. The van der Waals surface area contributed by atoms with Gasteiger partial charge in [-0.25, -0.2) is 13.6 Å². The van der Waals surface area contributed by atoms with E-state index in [1.165, 1.54) is 12.1 Å². The van der Waals surface area contributed by atoms with Gasteiger partial charge in [-0.3, -0.25) is 0 Å². The van der Waals surface area contributed by atoms with Gasteiger partial charge in [0.05, 0.1) is 12.7 Å². The summed E-state index contributed by atoms with van der Waals surface area (Å²) in [6.45, 7) is 1.88. The van der Waals surface area contributed by atoms with Gasteiger partial charge in [-0.05, 0) is 31.0 Å². The molecule has 1 aromatic carbocycles. The van der Waals surface area contributed by atoms with Crippen LogP contribution >= 0.6 is 0 Å². The van der Waals surface area contributed by atoms with Crippen LogP contribution in [0.25, 0.3) is 0 Å². The van der Waals surface area contributed by atoms with E-state index in [2.05, 4.69) is 0 Å². The van der Waals surface area contributed by atoms with Crippen molar-refractivity contribution in [3.8, 4) is 0 Å². The lowest BCUT2D eigenvalue weighted by atomic mass is 9.90. The summed E-state index contributed by atoms with van der Waals surface area (Å²) < 4.78 is 32.8. The molecule has 2 fully saturated rings. The predicted octanol–water partition coefficient (Wildman–Crippen LogP) is 1.87. The lowest BCUT2D eigenvalue weighted by Crippen LogP contribution is -2.52. The maximum Gasteiger partial charge on any atom is 0.342 e. The Labute approximate surface area is 120 Å². The Morgan fingerprint density at radius 3 is 2.57 bits per heavy atom. The molecule has 0 bridgehead atoms. The van der Waals surface area contributed by atoms with Gasteiger partial charge in [0.25, 0.3) is 0 Å². The number of hydrogen-bond donors (Lipinski definition) is 2. The zero-order valence-electron chi connectivity index (χ0n) is 11.6. The second kappa shape index (κ2) is 4.48. The molecule has 1 aromatic rings. The first-order valence-electron chi connectivity index (χ1n) is 6.85. The number of alkyl halides is 1. The van der Waals surface area contributed by atoms with Gasteiger partial charge in [-0.2, -0.15) is 0 Å². The van der Waals surface area contributed by atoms with Crippen molar-refractivity contribution in [2.24, 2.45) is 17.6 Å². The van der Waals surface area contributed by atoms with Crippen molar-refractivity contribution in [2.45, 2.75) is 37.3 Å². The molecule has 0 unspecified atom stereocenters. The molecule has 0 amide bonds. The predicted molar refractivity (Wildman–Crippen MR) is 70.6 cm³/mol. The van der Waals surface area contributed by atoms with E-state index in [0.29, 0.717) is 6.42 Å². The number of hydrogen-bond acceptors (Lipinski definition) is 3. The molecule has 0 spiro atoms. The van der Waals surface area contributed by atoms with E-state index in [1.54, 1.807) is 19.1 Å². The van der Waals surface area contributed by atoms with Gasteiger partial charge >= 0.3 is 5.97 Å². The van der Waals surface area contributed by atoms with Crippen molar-refractivity contribution in [1.29, 1.82) is 0 Å². The zero-order valence-corrected chi connectivity index (χ0v) is 11.6. The van der Waals surface area contributed by atoms with Crippen LogP contribution < -0.4 is 5.73 Å². The van der Waals surface area contributed by atoms with Crippen molar-refractivity contribution in [3.05, 3.63) is 35.6 Å². The van der Waals surface area contributed by atoms with E-state index in [4.69, 9.17) is 15.6 Å². The smallest absolute Gasteiger partial charge is 0.342 e. The lowest BCUT2D eigenvalue weighted by molar-refractivity contribution is -0.148. The summed E-state index contributed by atoms with van der Waals surface area (Å²) in [6.07, 6.45) is -0.109. The number of nitrogens with two attached hydrogens (primary N) is 1. The minimum Gasteiger partial charge on any atom is -0.479 e. The van der Waals surface area contributed by atoms with Gasteiger partial charge in [0.1, 0.15) is 5.82 Å². The van der Waals surface area contributed by atoms with Crippen LogP contribution in [-0.4, -0.2) is 28.4 Å². The monoisotopic (exact) mass is 297 g/mol. The quantitative estimate of drug-likeness (QED) is 0.890. The van der Waals surface area contributed by atoms with Crippen molar-refractivity contribution >= 4 is 5.97 Å². The van der Waals surface area contributed by atoms with E-state index >= 15 is 0 Å². The highest BCUT2D eigenvalue weighted by Crippen LogP contribution is 2.66. The number of benzene rings is 1. The zero-order chi connectivity index (χ0) is 15.4. The molecule has 6 heteroatoms. The summed E-state index contributed by atoms with van der Waals surface area (Å²) in [5.41, 5.74) is 3.68. The van der Waals surface area contributed by atoms with Crippen molar-refractivity contribution < 1.29 is 23.4 Å². The molecule has 5 atom stereocenters. The molecule has 0 heterocycles. The molecule has 0 aliphatic heterocycles. The maximum atomic E-state index is 14.2. The standard InChI is InChI=1S/C15H17F2NO3/c1-14(18)11(6-10-12(14)15(10,17)13(19)20)21-7-8-2-4-9(16)5-3-8/h2-5,10-12H,6-7,18H2,1H3,(H,19,20)/t10-,11-,12-,14+,15-/m1/s1. The Morgan fingerprint density at radius 1 is 1.48 bits per heavy atom. The lowest BCUT2D eigenvalue weighted by Gasteiger charge is -2.32. The summed E-state index contributed by atoms with van der Waals surface area (Å²) >= 11 is 0. The van der Waals surface area contributed by atoms with E-state index in [0.717, 1.165) is 5.56 Å². The Bertz CT molecular complexity index is 575. The number of halogens is 2. The highest BCUT2D eigenvalue weighted by atomic mass is 19.1. The number of carbonyl (C=O) groups is 1. The fraction of sp³-hybridized carbons (Fsp3) is 0.533. The van der Waals surface area contributed by atoms with E-state index in [9.17, 15) is 13.6 Å². The summed E-state index contributed by atoms with van der Waals surface area (Å²) in [6, 6.07) is 5.89. The number of carboxylic acid groups (broad SMARTS) is 1. The number of fused-ring (bicyclic) bond motifs is 1. The molecule has 2 saturated carbocycles. The minimum absolute atomic E-state index is 0.240.